The van der Waals surface area contributed by atoms with Crippen LogP contribution in [0.4, 0.5) is 5.69 Å². The van der Waals surface area contributed by atoms with E-state index in [0.717, 1.165) is 17.0 Å². The topological polar surface area (TPSA) is 86.8 Å². The van der Waals surface area contributed by atoms with Crippen molar-refractivity contribution in [2.24, 2.45) is 0 Å². The Kier molecular flexibility index (Phi) is 10.1. The number of hydrogen-bond donors (Lipinski definition) is 1. The first-order valence-electron chi connectivity index (χ1n) is 10.6. The zero-order valence-corrected chi connectivity index (χ0v) is 22.5. The lowest BCUT2D eigenvalue weighted by Crippen LogP contribution is -2.52. The molecule has 2 aromatic rings. The number of carbonyl (C=O) groups is 2. The van der Waals surface area contributed by atoms with Crippen LogP contribution >= 0.6 is 34.8 Å². The molecule has 0 radical (unpaired) electrons. The van der Waals surface area contributed by atoms with Gasteiger partial charge in [-0.1, -0.05) is 53.9 Å². The van der Waals surface area contributed by atoms with E-state index in [-0.39, 0.29) is 34.2 Å². The first kappa shape index (κ1) is 28.2. The Bertz CT molecular complexity index is 1140. The van der Waals surface area contributed by atoms with Crippen LogP contribution in [0.25, 0.3) is 0 Å². The lowest BCUT2D eigenvalue weighted by molar-refractivity contribution is -0.139. The maximum absolute atomic E-state index is 13.5. The zero-order chi connectivity index (χ0) is 25.6. The Balaban J connectivity index is 2.43. The lowest BCUT2D eigenvalue weighted by atomic mass is 10.1. The van der Waals surface area contributed by atoms with E-state index in [1.165, 1.54) is 23.1 Å². The van der Waals surface area contributed by atoms with Crippen LogP contribution < -0.4 is 9.62 Å². The average Bonchev–Trinajstić information content (AvgIpc) is 2.76. The molecular formula is C23H28Cl3N3O4S. The number of rotatable bonds is 10. The predicted molar refractivity (Wildman–Crippen MR) is 138 cm³/mol. The van der Waals surface area contributed by atoms with E-state index >= 15 is 0 Å². The largest absolute Gasteiger partial charge is 0.352 e. The minimum absolute atomic E-state index is 0.0510. The summed E-state index contributed by atoms with van der Waals surface area (Å²) in [5.74, 6) is -0.940. The normalized spacial score (nSPS) is 13.1. The molecular weight excluding hydrogens is 521 g/mol. The van der Waals surface area contributed by atoms with Gasteiger partial charge in [-0.2, -0.15) is 0 Å². The molecule has 0 aromatic heterocycles. The summed E-state index contributed by atoms with van der Waals surface area (Å²) >= 11 is 18.4. The lowest BCUT2D eigenvalue weighted by Gasteiger charge is -2.32. The molecule has 0 saturated carbocycles. The van der Waals surface area contributed by atoms with Gasteiger partial charge in [-0.15, -0.1) is 0 Å². The van der Waals surface area contributed by atoms with Crippen LogP contribution in [0.1, 0.15) is 32.8 Å². The average molecular weight is 549 g/mol. The summed E-state index contributed by atoms with van der Waals surface area (Å²) in [6.07, 6.45) is 1.69. The molecule has 0 unspecified atom stereocenters. The van der Waals surface area contributed by atoms with Crippen molar-refractivity contribution in [1.82, 2.24) is 10.2 Å². The molecule has 0 heterocycles. The van der Waals surface area contributed by atoms with E-state index < -0.39 is 28.5 Å². The predicted octanol–water partition coefficient (Wildman–Crippen LogP) is 4.74. The Morgan fingerprint density at radius 1 is 1.03 bits per heavy atom. The summed E-state index contributed by atoms with van der Waals surface area (Å²) in [6, 6.07) is 10.3. The van der Waals surface area contributed by atoms with Crippen molar-refractivity contribution in [2.45, 2.75) is 45.8 Å². The van der Waals surface area contributed by atoms with Gasteiger partial charge in [-0.05, 0) is 56.2 Å². The van der Waals surface area contributed by atoms with Gasteiger partial charge >= 0.3 is 0 Å². The van der Waals surface area contributed by atoms with Crippen molar-refractivity contribution in [3.05, 3.63) is 63.1 Å². The van der Waals surface area contributed by atoms with Crippen molar-refractivity contribution in [3.8, 4) is 0 Å². The second-order valence-electron chi connectivity index (χ2n) is 8.01. The molecule has 0 fully saturated rings. The first-order chi connectivity index (χ1) is 15.8. The monoisotopic (exact) mass is 547 g/mol. The second kappa shape index (κ2) is 12.1. The van der Waals surface area contributed by atoms with Crippen LogP contribution in [0.3, 0.4) is 0 Å². The van der Waals surface area contributed by atoms with Gasteiger partial charge in [0.25, 0.3) is 0 Å². The van der Waals surface area contributed by atoms with E-state index in [1.54, 1.807) is 31.2 Å². The van der Waals surface area contributed by atoms with Gasteiger partial charge in [0.15, 0.2) is 0 Å². The van der Waals surface area contributed by atoms with Crippen molar-refractivity contribution in [3.63, 3.8) is 0 Å². The Hall–Kier alpha value is -2.00. The molecule has 0 spiro atoms. The summed E-state index contributed by atoms with van der Waals surface area (Å²) in [6.45, 7) is 4.87. The number of carbonyl (C=O) groups excluding carboxylic acids is 2. The van der Waals surface area contributed by atoms with Crippen LogP contribution in [0, 0.1) is 0 Å². The standard InChI is InChI=1S/C23H28Cl3N3O4S/c1-5-15(2)27-23(31)16(3)28(13-17-7-6-8-18(24)11-17)22(30)14-29(34(4,32)33)21-12-19(25)9-10-20(21)26/h6-12,15-16H,5,13-14H2,1-4H3,(H,27,31)/t15-,16+/m1/s1. The van der Waals surface area contributed by atoms with E-state index in [2.05, 4.69) is 5.32 Å². The number of halogens is 3. The number of anilines is 1. The molecule has 1 N–H and O–H groups in total. The summed E-state index contributed by atoms with van der Waals surface area (Å²) in [5.41, 5.74) is 0.764. The fraction of sp³-hybridized carbons (Fsp3) is 0.391. The number of hydrogen-bond acceptors (Lipinski definition) is 4. The highest BCUT2D eigenvalue weighted by Gasteiger charge is 2.31. The highest BCUT2D eigenvalue weighted by Crippen LogP contribution is 2.31. The fourth-order valence-corrected chi connectivity index (χ4v) is 4.65. The number of benzene rings is 2. The molecule has 2 rings (SSSR count). The Morgan fingerprint density at radius 2 is 1.68 bits per heavy atom. The van der Waals surface area contributed by atoms with Crippen LogP contribution in [0.5, 0.6) is 0 Å². The molecule has 186 valence electrons. The Labute approximate surface area is 216 Å². The number of nitrogens with one attached hydrogen (secondary N) is 1. The van der Waals surface area contributed by atoms with Crippen LogP contribution in [0.2, 0.25) is 15.1 Å². The van der Waals surface area contributed by atoms with Gasteiger partial charge < -0.3 is 10.2 Å². The van der Waals surface area contributed by atoms with Gasteiger partial charge in [0.05, 0.1) is 17.0 Å². The number of nitrogens with zero attached hydrogens (tertiary/aromatic N) is 2. The zero-order valence-electron chi connectivity index (χ0n) is 19.4. The third kappa shape index (κ3) is 7.77. The van der Waals surface area contributed by atoms with Crippen molar-refractivity contribution < 1.29 is 18.0 Å². The third-order valence-corrected chi connectivity index (χ3v) is 7.18. The van der Waals surface area contributed by atoms with Crippen LogP contribution in [0.15, 0.2) is 42.5 Å². The molecule has 0 saturated heterocycles. The summed E-state index contributed by atoms with van der Waals surface area (Å²) in [7, 11) is -3.91. The van der Waals surface area contributed by atoms with Crippen molar-refractivity contribution in [1.29, 1.82) is 0 Å². The highest BCUT2D eigenvalue weighted by atomic mass is 35.5. The van der Waals surface area contributed by atoms with E-state index in [1.807, 2.05) is 13.8 Å². The Morgan fingerprint density at radius 3 is 2.26 bits per heavy atom. The highest BCUT2D eigenvalue weighted by molar-refractivity contribution is 7.92. The molecule has 0 bridgehead atoms. The van der Waals surface area contributed by atoms with Crippen LogP contribution in [-0.4, -0.2) is 50.0 Å². The van der Waals surface area contributed by atoms with Crippen molar-refractivity contribution in [2.75, 3.05) is 17.1 Å². The van der Waals surface area contributed by atoms with E-state index in [9.17, 15) is 18.0 Å². The molecule has 2 aromatic carbocycles. The van der Waals surface area contributed by atoms with Gasteiger partial charge in [0.2, 0.25) is 21.8 Å². The maximum atomic E-state index is 13.5. The smallest absolute Gasteiger partial charge is 0.244 e. The minimum Gasteiger partial charge on any atom is -0.352 e. The van der Waals surface area contributed by atoms with E-state index in [4.69, 9.17) is 34.8 Å². The molecule has 11 heteroatoms. The molecule has 2 atom stereocenters. The number of amides is 2. The molecule has 34 heavy (non-hydrogen) atoms. The fourth-order valence-electron chi connectivity index (χ4n) is 3.15. The maximum Gasteiger partial charge on any atom is 0.244 e. The summed E-state index contributed by atoms with van der Waals surface area (Å²) < 4.78 is 26.1. The molecule has 0 aliphatic rings. The first-order valence-corrected chi connectivity index (χ1v) is 13.6. The summed E-state index contributed by atoms with van der Waals surface area (Å²) in [4.78, 5) is 27.7. The molecule has 0 aliphatic heterocycles. The second-order valence-corrected chi connectivity index (χ2v) is 11.2. The van der Waals surface area contributed by atoms with Gasteiger partial charge in [0.1, 0.15) is 12.6 Å². The quantitative estimate of drug-likeness (QED) is 0.464. The third-order valence-electron chi connectivity index (χ3n) is 5.27. The molecule has 0 aliphatic carbocycles. The van der Waals surface area contributed by atoms with Crippen molar-refractivity contribution >= 4 is 62.3 Å². The van der Waals surface area contributed by atoms with Crippen LogP contribution in [-0.2, 0) is 26.2 Å². The number of sulfonamides is 1. The van der Waals surface area contributed by atoms with Gasteiger partial charge in [-0.3, -0.25) is 13.9 Å². The van der Waals surface area contributed by atoms with Gasteiger partial charge in [0, 0.05) is 22.6 Å². The molecule has 2 amide bonds. The van der Waals surface area contributed by atoms with E-state index in [0.29, 0.717) is 10.6 Å². The minimum atomic E-state index is -3.91. The summed E-state index contributed by atoms with van der Waals surface area (Å²) in [5, 5.41) is 3.72. The molecule has 7 nitrogen and oxygen atoms in total. The SMILES string of the molecule is CC[C@@H](C)NC(=O)[C@H](C)N(Cc1cccc(Cl)c1)C(=O)CN(c1cc(Cl)ccc1Cl)S(C)(=O)=O. The van der Waals surface area contributed by atoms with Gasteiger partial charge in [-0.25, -0.2) is 8.42 Å².